The van der Waals surface area contributed by atoms with E-state index in [1.54, 1.807) is 25.3 Å². The number of pyridine rings is 1. The van der Waals surface area contributed by atoms with E-state index in [0.29, 0.717) is 16.3 Å². The molecular formula is C20H18ClN3O9. The summed E-state index contributed by atoms with van der Waals surface area (Å²) in [5.41, 5.74) is 2.71. The first-order valence-corrected chi connectivity index (χ1v) is 10.3. The van der Waals surface area contributed by atoms with Crippen LogP contribution in [-0.4, -0.2) is 33.3 Å². The standard InChI is InChI=1S/C20H18ClN3O9/c1-10-18(15-9-30-19(14(15)8-22-10)11-2-4-13(21)5-3-11)31-20(25)12-6-16(32-23(26)27)17(7-12)33-24(28)29/h2-5,8,12,16-17,19H,6-7,9H2,1H3/t12?,16-,17+,19-/m1/s1. The first kappa shape index (κ1) is 22.7. The molecule has 1 aliphatic heterocycles. The Morgan fingerprint density at radius 3 is 2.30 bits per heavy atom. The van der Waals surface area contributed by atoms with Crippen molar-refractivity contribution in [3.63, 3.8) is 0 Å². The Kier molecular flexibility index (Phi) is 6.29. The Morgan fingerprint density at radius 2 is 1.73 bits per heavy atom. The minimum atomic E-state index is -1.26. The van der Waals surface area contributed by atoms with Gasteiger partial charge in [-0.3, -0.25) is 9.78 Å². The van der Waals surface area contributed by atoms with Crippen molar-refractivity contribution in [3.05, 3.63) is 78.1 Å². The Balaban J connectivity index is 1.53. The summed E-state index contributed by atoms with van der Waals surface area (Å²) in [6.07, 6.45) is -1.60. The van der Waals surface area contributed by atoms with E-state index in [1.165, 1.54) is 0 Å². The molecule has 0 radical (unpaired) electrons. The van der Waals surface area contributed by atoms with Crippen molar-refractivity contribution in [1.29, 1.82) is 0 Å². The normalized spacial score (nSPS) is 23.6. The van der Waals surface area contributed by atoms with Crippen LogP contribution in [0.25, 0.3) is 0 Å². The van der Waals surface area contributed by atoms with E-state index in [9.17, 15) is 25.0 Å². The van der Waals surface area contributed by atoms with Gasteiger partial charge in [0.05, 0.1) is 18.2 Å². The topological polar surface area (TPSA) is 153 Å². The number of carbonyl (C=O) groups is 1. The van der Waals surface area contributed by atoms with Gasteiger partial charge >= 0.3 is 5.97 Å². The van der Waals surface area contributed by atoms with Gasteiger partial charge in [0.2, 0.25) is 0 Å². The van der Waals surface area contributed by atoms with E-state index in [-0.39, 0.29) is 25.2 Å². The number of aromatic nitrogens is 1. The van der Waals surface area contributed by atoms with Crippen LogP contribution in [0, 0.1) is 33.1 Å². The number of halogens is 1. The lowest BCUT2D eigenvalue weighted by molar-refractivity contribution is -0.797. The third kappa shape index (κ3) is 4.81. The second-order valence-electron chi connectivity index (χ2n) is 7.67. The summed E-state index contributed by atoms with van der Waals surface area (Å²) in [7, 11) is 0. The predicted molar refractivity (Wildman–Crippen MR) is 109 cm³/mol. The van der Waals surface area contributed by atoms with Gasteiger partial charge in [-0.15, -0.1) is 20.2 Å². The Labute approximate surface area is 191 Å². The van der Waals surface area contributed by atoms with Crippen molar-refractivity contribution in [3.8, 4) is 5.75 Å². The van der Waals surface area contributed by atoms with Crippen LogP contribution >= 0.6 is 11.6 Å². The van der Waals surface area contributed by atoms with Gasteiger partial charge < -0.3 is 19.1 Å². The van der Waals surface area contributed by atoms with E-state index in [2.05, 4.69) is 14.7 Å². The molecule has 4 atom stereocenters. The minimum absolute atomic E-state index is 0.163. The van der Waals surface area contributed by atoms with Gasteiger partial charge in [0.1, 0.15) is 18.3 Å². The van der Waals surface area contributed by atoms with Crippen LogP contribution in [-0.2, 0) is 25.8 Å². The van der Waals surface area contributed by atoms with Gasteiger partial charge in [0.25, 0.3) is 10.2 Å². The molecule has 174 valence electrons. The molecule has 33 heavy (non-hydrogen) atoms. The summed E-state index contributed by atoms with van der Waals surface area (Å²) in [6.45, 7) is 1.85. The van der Waals surface area contributed by atoms with E-state index >= 15 is 0 Å². The first-order valence-electron chi connectivity index (χ1n) is 9.92. The fraction of sp³-hybridized carbons (Fsp3) is 0.400. The Morgan fingerprint density at radius 1 is 1.12 bits per heavy atom. The monoisotopic (exact) mass is 479 g/mol. The van der Waals surface area contributed by atoms with Gasteiger partial charge in [-0.1, -0.05) is 23.7 Å². The fourth-order valence-corrected chi connectivity index (χ4v) is 4.24. The number of carbonyl (C=O) groups excluding carboxylic acids is 1. The number of fused-ring (bicyclic) bond motifs is 1. The molecule has 0 saturated heterocycles. The van der Waals surface area contributed by atoms with Crippen molar-refractivity contribution < 1.29 is 34.1 Å². The molecule has 2 aromatic rings. The molecule has 13 heteroatoms. The Bertz CT molecular complexity index is 1070. The van der Waals surface area contributed by atoms with Crippen molar-refractivity contribution in [2.75, 3.05) is 0 Å². The van der Waals surface area contributed by atoms with Crippen LogP contribution in [0.1, 0.15) is 41.3 Å². The number of aryl methyl sites for hydroxylation is 1. The van der Waals surface area contributed by atoms with Crippen LogP contribution in [0.5, 0.6) is 5.75 Å². The smallest absolute Gasteiger partial charge is 0.314 e. The van der Waals surface area contributed by atoms with Gasteiger partial charge in [-0.2, -0.15) is 0 Å². The summed E-state index contributed by atoms with van der Waals surface area (Å²) in [6, 6.07) is 7.15. The zero-order valence-electron chi connectivity index (χ0n) is 17.2. The SMILES string of the molecule is Cc1ncc2c(c1OC(=O)C1C[C@H](O[N+](=O)[O-])[C@H](O[N+](=O)[O-])C1)CO[C@@H]2c1ccc(Cl)cc1. The third-order valence-electron chi connectivity index (χ3n) is 5.63. The molecule has 1 aromatic heterocycles. The lowest BCUT2D eigenvalue weighted by Crippen LogP contribution is -2.30. The average molecular weight is 480 g/mol. The molecule has 0 bridgehead atoms. The molecule has 2 aliphatic rings. The third-order valence-corrected chi connectivity index (χ3v) is 5.88. The second kappa shape index (κ2) is 9.16. The molecule has 4 rings (SSSR count). The summed E-state index contributed by atoms with van der Waals surface area (Å²) in [5, 5.41) is 19.9. The molecule has 1 aromatic carbocycles. The molecular weight excluding hydrogens is 462 g/mol. The van der Waals surface area contributed by atoms with Crippen LogP contribution in [0.4, 0.5) is 0 Å². The summed E-state index contributed by atoms with van der Waals surface area (Å²) < 4.78 is 11.5. The number of ether oxygens (including phenoxy) is 2. The van der Waals surface area contributed by atoms with Gasteiger partial charge in [0, 0.05) is 22.3 Å². The van der Waals surface area contributed by atoms with E-state index < -0.39 is 40.4 Å². The lowest BCUT2D eigenvalue weighted by atomic mass is 10.00. The molecule has 0 amide bonds. The molecule has 0 N–H and O–H groups in total. The van der Waals surface area contributed by atoms with Crippen LogP contribution < -0.4 is 4.74 Å². The zero-order chi connectivity index (χ0) is 23.7. The Hall–Kier alpha value is -3.51. The van der Waals surface area contributed by atoms with Crippen molar-refractivity contribution in [1.82, 2.24) is 4.98 Å². The van der Waals surface area contributed by atoms with E-state index in [1.807, 2.05) is 12.1 Å². The number of rotatable bonds is 7. The lowest BCUT2D eigenvalue weighted by Gasteiger charge is -2.15. The number of esters is 1. The predicted octanol–water partition coefficient (Wildman–Crippen LogP) is 3.13. The van der Waals surface area contributed by atoms with Crippen molar-refractivity contribution in [2.45, 2.75) is 44.7 Å². The van der Waals surface area contributed by atoms with Gasteiger partial charge in [-0.25, -0.2) is 0 Å². The van der Waals surface area contributed by atoms with Crippen molar-refractivity contribution >= 4 is 17.6 Å². The number of hydrogen-bond acceptors (Lipinski definition) is 10. The molecule has 2 heterocycles. The summed E-state index contributed by atoms with van der Waals surface area (Å²) in [5.74, 6) is -1.38. The van der Waals surface area contributed by atoms with Gasteiger partial charge in [0.15, 0.2) is 5.75 Å². The number of hydrogen-bond donors (Lipinski definition) is 0. The maximum absolute atomic E-state index is 12.9. The highest BCUT2D eigenvalue weighted by atomic mass is 35.5. The summed E-state index contributed by atoms with van der Waals surface area (Å²) >= 11 is 5.96. The number of nitrogens with zero attached hydrogens (tertiary/aromatic N) is 3. The fourth-order valence-electron chi connectivity index (χ4n) is 4.11. The van der Waals surface area contributed by atoms with E-state index in [4.69, 9.17) is 21.1 Å². The zero-order valence-corrected chi connectivity index (χ0v) is 18.0. The molecule has 1 aliphatic carbocycles. The van der Waals surface area contributed by atoms with Crippen LogP contribution in [0.2, 0.25) is 5.02 Å². The average Bonchev–Trinajstić information content (AvgIpc) is 3.34. The largest absolute Gasteiger partial charge is 0.424 e. The minimum Gasteiger partial charge on any atom is -0.424 e. The van der Waals surface area contributed by atoms with E-state index in [0.717, 1.165) is 11.1 Å². The molecule has 1 saturated carbocycles. The second-order valence-corrected chi connectivity index (χ2v) is 8.11. The quantitative estimate of drug-likeness (QED) is 0.328. The van der Waals surface area contributed by atoms with Crippen molar-refractivity contribution in [2.24, 2.45) is 5.92 Å². The maximum atomic E-state index is 12.9. The highest BCUT2D eigenvalue weighted by Gasteiger charge is 2.44. The summed E-state index contributed by atoms with van der Waals surface area (Å²) in [4.78, 5) is 47.5. The number of benzene rings is 1. The van der Waals surface area contributed by atoms with Crippen LogP contribution in [0.15, 0.2) is 30.5 Å². The maximum Gasteiger partial charge on any atom is 0.314 e. The molecule has 1 unspecified atom stereocenters. The molecule has 0 spiro atoms. The van der Waals surface area contributed by atoms with Crippen LogP contribution in [0.3, 0.4) is 0 Å². The molecule has 1 fully saturated rings. The highest BCUT2D eigenvalue weighted by Crippen LogP contribution is 2.42. The first-order chi connectivity index (χ1) is 15.7. The van der Waals surface area contributed by atoms with Gasteiger partial charge in [-0.05, 0) is 37.5 Å². The highest BCUT2D eigenvalue weighted by molar-refractivity contribution is 6.30. The molecule has 12 nitrogen and oxygen atoms in total.